The summed E-state index contributed by atoms with van der Waals surface area (Å²) in [6, 6.07) is 4.24. The fraction of sp³-hybridized carbons (Fsp3) is 0.364. The van der Waals surface area contributed by atoms with Crippen LogP contribution in [0, 0.1) is 0 Å². The first-order valence-electron chi connectivity index (χ1n) is 10.1. The van der Waals surface area contributed by atoms with E-state index in [1.807, 2.05) is 0 Å². The Labute approximate surface area is 178 Å². The molecule has 0 radical (unpaired) electrons. The van der Waals surface area contributed by atoms with Gasteiger partial charge in [0.15, 0.2) is 0 Å². The maximum absolute atomic E-state index is 11.5. The first-order valence-corrected chi connectivity index (χ1v) is 10.1. The summed E-state index contributed by atoms with van der Waals surface area (Å²) in [4.78, 5) is 27.0. The minimum atomic E-state index is -1.23. The minimum absolute atomic E-state index is 0.0242. The highest BCUT2D eigenvalue weighted by molar-refractivity contribution is 6.08. The summed E-state index contributed by atoms with van der Waals surface area (Å²) in [6.45, 7) is 0. The van der Waals surface area contributed by atoms with E-state index in [1.165, 1.54) is 18.3 Å². The SMILES string of the molecule is CN(C)C1CCC(/N=C/c2c(O)cc(O)c3nc4c(C(=O)O)ccc(O)c4nc23)CC1. The minimum Gasteiger partial charge on any atom is -0.507 e. The third-order valence-electron chi connectivity index (χ3n) is 5.89. The van der Waals surface area contributed by atoms with Crippen LogP contribution in [0.25, 0.3) is 22.1 Å². The Morgan fingerprint density at radius 1 is 0.968 bits per heavy atom. The van der Waals surface area contributed by atoms with Gasteiger partial charge in [0.05, 0.1) is 17.2 Å². The zero-order valence-corrected chi connectivity index (χ0v) is 17.3. The molecule has 162 valence electrons. The summed E-state index contributed by atoms with van der Waals surface area (Å²) in [6.07, 6.45) is 5.44. The topological polar surface area (TPSA) is 139 Å². The molecule has 1 heterocycles. The van der Waals surface area contributed by atoms with Crippen LogP contribution in [-0.2, 0) is 0 Å². The smallest absolute Gasteiger partial charge is 0.337 e. The first kappa shape index (κ1) is 20.8. The van der Waals surface area contributed by atoms with E-state index in [0.717, 1.165) is 31.7 Å². The molecule has 4 N–H and O–H groups in total. The van der Waals surface area contributed by atoms with Gasteiger partial charge in [0.2, 0.25) is 0 Å². The van der Waals surface area contributed by atoms with Crippen LogP contribution in [0.2, 0.25) is 0 Å². The molecule has 1 aliphatic rings. The summed E-state index contributed by atoms with van der Waals surface area (Å²) >= 11 is 0. The van der Waals surface area contributed by atoms with E-state index in [0.29, 0.717) is 6.04 Å². The molecule has 0 aliphatic heterocycles. The second kappa shape index (κ2) is 7.99. The van der Waals surface area contributed by atoms with Gasteiger partial charge in [0, 0.05) is 18.3 Å². The predicted molar refractivity (Wildman–Crippen MR) is 116 cm³/mol. The normalized spacial score (nSPS) is 19.6. The number of fused-ring (bicyclic) bond motifs is 2. The number of aliphatic imine (C=N–C) groups is 1. The molecule has 0 atom stereocenters. The molecule has 0 unspecified atom stereocenters. The zero-order chi connectivity index (χ0) is 22.3. The van der Waals surface area contributed by atoms with Gasteiger partial charge in [-0.25, -0.2) is 14.8 Å². The largest absolute Gasteiger partial charge is 0.507 e. The van der Waals surface area contributed by atoms with E-state index in [9.17, 15) is 25.2 Å². The van der Waals surface area contributed by atoms with E-state index in [2.05, 4.69) is 34.0 Å². The maximum atomic E-state index is 11.5. The van der Waals surface area contributed by atoms with Gasteiger partial charge in [-0.05, 0) is 51.9 Å². The number of aromatic nitrogens is 2. The average Bonchev–Trinajstić information content (AvgIpc) is 2.73. The Bertz CT molecular complexity index is 1200. The number of benzene rings is 2. The summed E-state index contributed by atoms with van der Waals surface area (Å²) in [5.41, 5.74) is 0.189. The van der Waals surface area contributed by atoms with Crippen molar-refractivity contribution in [3.05, 3.63) is 29.3 Å². The van der Waals surface area contributed by atoms with Crippen LogP contribution in [0.5, 0.6) is 17.2 Å². The standard InChI is InChI=1S/C22H24N4O5/c1-26(2)12-5-3-11(4-6-12)23-10-14-16(28)9-17(29)21-19(14)25-20-15(27)8-7-13(22(30)31)18(20)24-21/h7-12,27-29H,3-6H2,1-2H3,(H,30,31)/b23-10+. The van der Waals surface area contributed by atoms with Crippen LogP contribution < -0.4 is 0 Å². The van der Waals surface area contributed by atoms with Crippen molar-refractivity contribution in [3.63, 3.8) is 0 Å². The molecule has 9 nitrogen and oxygen atoms in total. The van der Waals surface area contributed by atoms with E-state index < -0.39 is 5.97 Å². The molecule has 1 aliphatic carbocycles. The van der Waals surface area contributed by atoms with Crippen LogP contribution in [0.4, 0.5) is 0 Å². The lowest BCUT2D eigenvalue weighted by atomic mass is 9.91. The molecular weight excluding hydrogens is 400 g/mol. The fourth-order valence-electron chi connectivity index (χ4n) is 4.09. The van der Waals surface area contributed by atoms with Gasteiger partial charge in [-0.2, -0.15) is 0 Å². The number of nitrogens with zero attached hydrogens (tertiary/aromatic N) is 4. The molecule has 3 aromatic rings. The van der Waals surface area contributed by atoms with Crippen LogP contribution in [-0.4, -0.2) is 73.7 Å². The van der Waals surface area contributed by atoms with Gasteiger partial charge in [0.1, 0.15) is 39.3 Å². The van der Waals surface area contributed by atoms with Gasteiger partial charge in [-0.3, -0.25) is 4.99 Å². The van der Waals surface area contributed by atoms with Crippen molar-refractivity contribution in [2.75, 3.05) is 14.1 Å². The molecule has 1 saturated carbocycles. The number of rotatable bonds is 4. The molecule has 31 heavy (non-hydrogen) atoms. The lowest BCUT2D eigenvalue weighted by Crippen LogP contribution is -2.33. The van der Waals surface area contributed by atoms with Gasteiger partial charge >= 0.3 is 5.97 Å². The number of carboxylic acids is 1. The molecule has 0 amide bonds. The van der Waals surface area contributed by atoms with Crippen LogP contribution in [0.15, 0.2) is 23.2 Å². The Hall–Kier alpha value is -3.46. The molecule has 1 fully saturated rings. The van der Waals surface area contributed by atoms with Crippen LogP contribution in [0.3, 0.4) is 0 Å². The second-order valence-corrected chi connectivity index (χ2v) is 8.09. The van der Waals surface area contributed by atoms with Crippen molar-refractivity contribution in [1.82, 2.24) is 14.9 Å². The van der Waals surface area contributed by atoms with Gasteiger partial charge < -0.3 is 25.3 Å². The number of hydrogen-bond donors (Lipinski definition) is 4. The molecule has 4 rings (SSSR count). The fourth-order valence-corrected chi connectivity index (χ4v) is 4.09. The highest BCUT2D eigenvalue weighted by atomic mass is 16.4. The Morgan fingerprint density at radius 3 is 2.26 bits per heavy atom. The number of hydrogen-bond acceptors (Lipinski definition) is 8. The summed E-state index contributed by atoms with van der Waals surface area (Å²) in [5, 5.41) is 40.4. The van der Waals surface area contributed by atoms with Gasteiger partial charge in [0.25, 0.3) is 0 Å². The van der Waals surface area contributed by atoms with Crippen molar-refractivity contribution in [3.8, 4) is 17.2 Å². The third kappa shape index (κ3) is 3.84. The van der Waals surface area contributed by atoms with E-state index in [-0.39, 0.29) is 56.5 Å². The predicted octanol–water partition coefficient (Wildman–Crippen LogP) is 2.89. The van der Waals surface area contributed by atoms with E-state index in [1.54, 1.807) is 0 Å². The summed E-state index contributed by atoms with van der Waals surface area (Å²) < 4.78 is 0. The van der Waals surface area contributed by atoms with Crippen LogP contribution in [0.1, 0.15) is 41.6 Å². The Morgan fingerprint density at radius 2 is 1.61 bits per heavy atom. The number of carboxylic acid groups (broad SMARTS) is 1. The van der Waals surface area contributed by atoms with Gasteiger partial charge in [-0.1, -0.05) is 0 Å². The summed E-state index contributed by atoms with van der Waals surface area (Å²) in [5.74, 6) is -2.04. The van der Waals surface area contributed by atoms with E-state index in [4.69, 9.17) is 0 Å². The molecule has 9 heteroatoms. The van der Waals surface area contributed by atoms with Crippen molar-refractivity contribution in [2.24, 2.45) is 4.99 Å². The maximum Gasteiger partial charge on any atom is 0.337 e. The van der Waals surface area contributed by atoms with E-state index >= 15 is 0 Å². The van der Waals surface area contributed by atoms with Crippen LogP contribution >= 0.6 is 0 Å². The number of aromatic hydroxyl groups is 3. The van der Waals surface area contributed by atoms with Crippen molar-refractivity contribution in [2.45, 2.75) is 37.8 Å². The quantitative estimate of drug-likeness (QED) is 0.370. The van der Waals surface area contributed by atoms with Crippen molar-refractivity contribution < 1.29 is 25.2 Å². The van der Waals surface area contributed by atoms with Crippen molar-refractivity contribution in [1.29, 1.82) is 0 Å². The lowest BCUT2D eigenvalue weighted by Gasteiger charge is -2.30. The molecule has 2 aromatic carbocycles. The van der Waals surface area contributed by atoms with Crippen molar-refractivity contribution >= 4 is 34.3 Å². The highest BCUT2D eigenvalue weighted by Gasteiger charge is 2.23. The second-order valence-electron chi connectivity index (χ2n) is 8.09. The summed E-state index contributed by atoms with van der Waals surface area (Å²) in [7, 11) is 4.14. The Kier molecular flexibility index (Phi) is 5.36. The molecular formula is C22H24N4O5. The number of aromatic carboxylic acids is 1. The molecule has 0 spiro atoms. The molecule has 1 aromatic heterocycles. The van der Waals surface area contributed by atoms with Gasteiger partial charge in [-0.15, -0.1) is 0 Å². The number of phenols is 3. The number of carbonyl (C=O) groups is 1. The average molecular weight is 424 g/mol. The molecule has 0 bridgehead atoms. The molecule has 0 saturated heterocycles. The lowest BCUT2D eigenvalue weighted by molar-refractivity contribution is 0.0699. The Balaban J connectivity index is 1.80. The first-order chi connectivity index (χ1) is 14.8. The third-order valence-corrected chi connectivity index (χ3v) is 5.89. The highest BCUT2D eigenvalue weighted by Crippen LogP contribution is 2.35. The zero-order valence-electron chi connectivity index (χ0n) is 17.3. The monoisotopic (exact) mass is 424 g/mol. The number of phenolic OH excluding ortho intramolecular Hbond substituents is 3.